The molecule has 0 unspecified atom stereocenters. The number of para-hydroxylation sites is 1. The Morgan fingerprint density at radius 1 is 1.12 bits per heavy atom. The van der Waals surface area contributed by atoms with E-state index in [0.29, 0.717) is 0 Å². The third kappa shape index (κ3) is 2.39. The molecule has 2 atom stereocenters. The lowest BCUT2D eigenvalue weighted by Crippen LogP contribution is -2.33. The molecule has 2 aromatic carbocycles. The van der Waals surface area contributed by atoms with Crippen LogP contribution >= 0.6 is 11.3 Å². The molecule has 4 nitrogen and oxygen atoms in total. The molecule has 1 aromatic heterocycles. The zero-order chi connectivity index (χ0) is 17.5. The Morgan fingerprint density at radius 3 is 2.77 bits per heavy atom. The van der Waals surface area contributed by atoms with Crippen LogP contribution in [0.4, 0.5) is 0 Å². The average Bonchev–Trinajstić information content (AvgIpc) is 3.37. The van der Waals surface area contributed by atoms with Gasteiger partial charge in [-0.1, -0.05) is 42.5 Å². The van der Waals surface area contributed by atoms with Crippen LogP contribution in [0.3, 0.4) is 0 Å². The zero-order valence-electron chi connectivity index (χ0n) is 14.3. The van der Waals surface area contributed by atoms with Gasteiger partial charge in [-0.3, -0.25) is 0 Å². The quantitative estimate of drug-likeness (QED) is 0.658. The number of benzene rings is 2. The Balaban J connectivity index is 1.62. The summed E-state index contributed by atoms with van der Waals surface area (Å²) in [7, 11) is 1.69. The van der Waals surface area contributed by atoms with Crippen molar-refractivity contribution in [1.82, 2.24) is 5.01 Å². The molecule has 0 spiro atoms. The smallest absolute Gasteiger partial charge is 0.214 e. The van der Waals surface area contributed by atoms with Crippen LogP contribution in [0.15, 0.2) is 70.5 Å². The summed E-state index contributed by atoms with van der Waals surface area (Å²) in [6.45, 7) is 0. The first-order chi connectivity index (χ1) is 12.8. The highest BCUT2D eigenvalue weighted by Crippen LogP contribution is 2.50. The molecule has 0 bridgehead atoms. The van der Waals surface area contributed by atoms with E-state index >= 15 is 0 Å². The predicted molar refractivity (Wildman–Crippen MR) is 103 cm³/mol. The monoisotopic (exact) mass is 362 g/mol. The molecule has 2 aliphatic rings. The Morgan fingerprint density at radius 2 is 2.00 bits per heavy atom. The normalized spacial score (nSPS) is 20.8. The Bertz CT molecular complexity index is 953. The van der Waals surface area contributed by atoms with Crippen molar-refractivity contribution in [1.29, 1.82) is 0 Å². The summed E-state index contributed by atoms with van der Waals surface area (Å²) in [4.78, 5) is 0. The molecule has 26 heavy (non-hydrogen) atoms. The molecule has 5 rings (SSSR count). The molecular weight excluding hydrogens is 344 g/mol. The van der Waals surface area contributed by atoms with E-state index in [1.807, 2.05) is 18.2 Å². The van der Waals surface area contributed by atoms with Gasteiger partial charge in [-0.05, 0) is 28.5 Å². The van der Waals surface area contributed by atoms with Crippen LogP contribution in [-0.2, 0) is 0 Å². The fourth-order valence-electron chi connectivity index (χ4n) is 3.69. The number of hydrazone groups is 1. The second-order valence-electron chi connectivity index (χ2n) is 6.42. The van der Waals surface area contributed by atoms with Gasteiger partial charge in [0.25, 0.3) is 0 Å². The Labute approximate surface area is 156 Å². The zero-order valence-corrected chi connectivity index (χ0v) is 15.1. The van der Waals surface area contributed by atoms with Crippen molar-refractivity contribution >= 4 is 17.0 Å². The summed E-state index contributed by atoms with van der Waals surface area (Å²) in [5.74, 6) is 1.60. The maximum atomic E-state index is 6.40. The molecule has 130 valence electrons. The van der Waals surface area contributed by atoms with E-state index in [4.69, 9.17) is 14.6 Å². The summed E-state index contributed by atoms with van der Waals surface area (Å²) in [6.07, 6.45) is 0.616. The van der Waals surface area contributed by atoms with Gasteiger partial charge in [0.2, 0.25) is 6.23 Å². The van der Waals surface area contributed by atoms with Gasteiger partial charge < -0.3 is 9.47 Å². The molecule has 2 aliphatic heterocycles. The SMILES string of the molecule is COc1cccc2c1O[C@H](c1ccsc1)N1N=C(c3ccccc3)C[C@@H]21. The highest BCUT2D eigenvalue weighted by atomic mass is 32.1. The summed E-state index contributed by atoms with van der Waals surface area (Å²) >= 11 is 1.67. The summed E-state index contributed by atoms with van der Waals surface area (Å²) in [5, 5.41) is 11.3. The van der Waals surface area contributed by atoms with Crippen LogP contribution in [0.1, 0.15) is 35.4 Å². The van der Waals surface area contributed by atoms with E-state index in [-0.39, 0.29) is 12.3 Å². The fraction of sp³-hybridized carbons (Fsp3) is 0.190. The van der Waals surface area contributed by atoms with E-state index in [2.05, 4.69) is 52.2 Å². The number of hydrogen-bond donors (Lipinski definition) is 0. The first-order valence-corrected chi connectivity index (χ1v) is 9.56. The minimum absolute atomic E-state index is 0.147. The summed E-state index contributed by atoms with van der Waals surface area (Å²) < 4.78 is 12.0. The number of thiophene rings is 1. The molecule has 0 saturated heterocycles. The highest BCUT2D eigenvalue weighted by Gasteiger charge is 2.42. The second-order valence-corrected chi connectivity index (χ2v) is 7.20. The summed E-state index contributed by atoms with van der Waals surface area (Å²) in [6, 6.07) is 18.7. The van der Waals surface area contributed by atoms with Crippen molar-refractivity contribution in [3.05, 3.63) is 82.0 Å². The van der Waals surface area contributed by atoms with Crippen molar-refractivity contribution in [3.63, 3.8) is 0 Å². The first kappa shape index (κ1) is 15.5. The van der Waals surface area contributed by atoms with Crippen LogP contribution < -0.4 is 9.47 Å². The van der Waals surface area contributed by atoms with E-state index in [0.717, 1.165) is 40.3 Å². The molecule has 0 fully saturated rings. The largest absolute Gasteiger partial charge is 0.493 e. The van der Waals surface area contributed by atoms with Gasteiger partial charge >= 0.3 is 0 Å². The van der Waals surface area contributed by atoms with Crippen molar-refractivity contribution in [2.75, 3.05) is 7.11 Å². The topological polar surface area (TPSA) is 34.1 Å². The van der Waals surface area contributed by atoms with E-state index < -0.39 is 0 Å². The third-order valence-electron chi connectivity index (χ3n) is 4.94. The number of fused-ring (bicyclic) bond motifs is 3. The van der Waals surface area contributed by atoms with E-state index in [1.54, 1.807) is 18.4 Å². The molecule has 3 heterocycles. The van der Waals surface area contributed by atoms with Crippen LogP contribution in [-0.4, -0.2) is 17.8 Å². The lowest BCUT2D eigenvalue weighted by Gasteiger charge is -2.38. The van der Waals surface area contributed by atoms with Gasteiger partial charge in [0.05, 0.1) is 18.9 Å². The minimum Gasteiger partial charge on any atom is -0.493 e. The van der Waals surface area contributed by atoms with Gasteiger partial charge in [-0.25, -0.2) is 5.01 Å². The van der Waals surface area contributed by atoms with Crippen molar-refractivity contribution in [2.45, 2.75) is 18.7 Å². The maximum absolute atomic E-state index is 6.40. The van der Waals surface area contributed by atoms with Gasteiger partial charge in [0.1, 0.15) is 0 Å². The minimum atomic E-state index is -0.240. The predicted octanol–water partition coefficient (Wildman–Crippen LogP) is 5.00. The summed E-state index contributed by atoms with van der Waals surface area (Å²) in [5.41, 5.74) is 4.51. The number of ether oxygens (including phenoxy) is 2. The molecule has 0 aliphatic carbocycles. The molecular formula is C21H18N2O2S. The van der Waals surface area contributed by atoms with Gasteiger partial charge in [0, 0.05) is 17.5 Å². The van der Waals surface area contributed by atoms with Crippen molar-refractivity contribution < 1.29 is 9.47 Å². The van der Waals surface area contributed by atoms with Crippen LogP contribution in [0.25, 0.3) is 0 Å². The molecule has 0 N–H and O–H groups in total. The lowest BCUT2D eigenvalue weighted by atomic mass is 9.96. The number of rotatable bonds is 3. The lowest BCUT2D eigenvalue weighted by molar-refractivity contribution is -0.0206. The third-order valence-corrected chi connectivity index (χ3v) is 5.64. The van der Waals surface area contributed by atoms with Gasteiger partial charge in [0.15, 0.2) is 11.5 Å². The van der Waals surface area contributed by atoms with Gasteiger partial charge in [-0.2, -0.15) is 16.4 Å². The van der Waals surface area contributed by atoms with Crippen molar-refractivity contribution in [3.8, 4) is 11.5 Å². The fourth-order valence-corrected chi connectivity index (χ4v) is 4.35. The standard InChI is InChI=1S/C21H18N2O2S/c1-24-19-9-5-8-16-18-12-17(14-6-3-2-4-7-14)22-23(18)21(25-20(16)19)15-10-11-26-13-15/h2-11,13,18,21H,12H2,1H3/t18-,21+/m0/s1. The average molecular weight is 362 g/mol. The molecule has 5 heteroatoms. The highest BCUT2D eigenvalue weighted by molar-refractivity contribution is 7.07. The van der Waals surface area contributed by atoms with E-state index in [9.17, 15) is 0 Å². The number of nitrogens with zero attached hydrogens (tertiary/aromatic N) is 2. The Hall–Kier alpha value is -2.79. The first-order valence-electron chi connectivity index (χ1n) is 8.62. The van der Waals surface area contributed by atoms with Crippen LogP contribution in [0.5, 0.6) is 11.5 Å². The van der Waals surface area contributed by atoms with Crippen LogP contribution in [0.2, 0.25) is 0 Å². The van der Waals surface area contributed by atoms with Crippen molar-refractivity contribution in [2.24, 2.45) is 5.10 Å². The maximum Gasteiger partial charge on any atom is 0.214 e. The Kier molecular flexibility index (Phi) is 3.68. The van der Waals surface area contributed by atoms with Gasteiger partial charge in [-0.15, -0.1) is 0 Å². The van der Waals surface area contributed by atoms with Crippen LogP contribution in [0, 0.1) is 0 Å². The molecule has 3 aromatic rings. The molecule has 0 amide bonds. The second kappa shape index (κ2) is 6.18. The molecule has 0 saturated carbocycles. The number of hydrogen-bond acceptors (Lipinski definition) is 5. The number of methoxy groups -OCH3 is 1. The molecule has 0 radical (unpaired) electrons. The van der Waals surface area contributed by atoms with E-state index in [1.165, 1.54) is 0 Å².